The molecule has 1 atom stereocenters. The molecule has 0 bridgehead atoms. The topological polar surface area (TPSA) is 87.5 Å². The highest BCUT2D eigenvalue weighted by Gasteiger charge is 2.23. The molecule has 1 aromatic carbocycles. The van der Waals surface area contributed by atoms with Gasteiger partial charge in [0.25, 0.3) is 5.91 Å². The van der Waals surface area contributed by atoms with E-state index in [1.165, 1.54) is 0 Å². The molecule has 1 aliphatic rings. The zero-order chi connectivity index (χ0) is 16.8. The molecule has 1 aromatic rings. The molecule has 1 saturated heterocycles. The van der Waals surface area contributed by atoms with Crippen LogP contribution in [0, 0.1) is 0 Å². The number of hydrogen-bond donors (Lipinski definition) is 3. The Bertz CT molecular complexity index is 579. The largest absolute Gasteiger partial charge is 0.348 e. The van der Waals surface area contributed by atoms with Gasteiger partial charge in [0.15, 0.2) is 0 Å². The van der Waals surface area contributed by atoms with Crippen LogP contribution >= 0.6 is 11.6 Å². The molecule has 1 aliphatic heterocycles. The number of anilines is 1. The first-order valence-corrected chi connectivity index (χ1v) is 8.30. The van der Waals surface area contributed by atoms with Crippen LogP contribution in [0.3, 0.4) is 0 Å². The number of carbonyl (C=O) groups is 2. The summed E-state index contributed by atoms with van der Waals surface area (Å²) in [7, 11) is 0. The van der Waals surface area contributed by atoms with E-state index in [4.69, 9.17) is 17.3 Å². The van der Waals surface area contributed by atoms with Crippen LogP contribution in [0.25, 0.3) is 0 Å². The average Bonchev–Trinajstić information content (AvgIpc) is 2.97. The van der Waals surface area contributed by atoms with Crippen LogP contribution < -0.4 is 21.3 Å². The predicted octanol–water partition coefficient (Wildman–Crippen LogP) is 2.12. The Labute approximate surface area is 141 Å². The van der Waals surface area contributed by atoms with Gasteiger partial charge in [0.1, 0.15) is 0 Å². The number of unbranched alkanes of at least 4 members (excludes halogenated alkanes) is 1. The molecule has 3 amide bonds. The Morgan fingerprint density at radius 3 is 2.91 bits per heavy atom. The van der Waals surface area contributed by atoms with Gasteiger partial charge in [-0.25, -0.2) is 4.79 Å². The number of nitrogens with zero attached hydrogens (tertiary/aromatic N) is 1. The van der Waals surface area contributed by atoms with Crippen LogP contribution in [0.1, 0.15) is 36.5 Å². The molecule has 1 unspecified atom stereocenters. The third kappa shape index (κ3) is 4.36. The van der Waals surface area contributed by atoms with E-state index in [-0.39, 0.29) is 18.0 Å². The van der Waals surface area contributed by atoms with Gasteiger partial charge in [-0.15, -0.1) is 0 Å². The fourth-order valence-corrected chi connectivity index (χ4v) is 2.74. The Morgan fingerprint density at radius 1 is 1.52 bits per heavy atom. The van der Waals surface area contributed by atoms with Crippen molar-refractivity contribution < 1.29 is 9.59 Å². The zero-order valence-corrected chi connectivity index (χ0v) is 14.0. The lowest BCUT2D eigenvalue weighted by Gasteiger charge is -2.19. The lowest BCUT2D eigenvalue weighted by Crippen LogP contribution is -2.40. The lowest BCUT2D eigenvalue weighted by molar-refractivity contribution is 0.0936. The Balaban J connectivity index is 2.14. The number of urea groups is 1. The summed E-state index contributed by atoms with van der Waals surface area (Å²) in [5.74, 6) is -0.261. The summed E-state index contributed by atoms with van der Waals surface area (Å²) in [5, 5.41) is 6.01. The van der Waals surface area contributed by atoms with E-state index >= 15 is 0 Å². The maximum atomic E-state index is 12.5. The third-order valence-electron chi connectivity index (χ3n) is 3.89. The van der Waals surface area contributed by atoms with Crippen LogP contribution in [0.4, 0.5) is 10.5 Å². The number of hydrogen-bond acceptors (Lipinski definition) is 3. The number of nitrogens with two attached hydrogens (primary N) is 1. The van der Waals surface area contributed by atoms with E-state index in [9.17, 15) is 9.59 Å². The van der Waals surface area contributed by atoms with E-state index < -0.39 is 0 Å². The maximum absolute atomic E-state index is 12.5. The highest BCUT2D eigenvalue weighted by molar-refractivity contribution is 6.34. The first-order chi connectivity index (χ1) is 11.1. The van der Waals surface area contributed by atoms with Gasteiger partial charge in [0, 0.05) is 31.4 Å². The van der Waals surface area contributed by atoms with Crippen molar-refractivity contribution in [2.24, 2.45) is 5.73 Å². The normalized spacial score (nSPS) is 15.4. The first-order valence-electron chi connectivity index (χ1n) is 7.92. The third-order valence-corrected chi connectivity index (χ3v) is 4.22. The van der Waals surface area contributed by atoms with E-state index in [0.29, 0.717) is 35.9 Å². The summed E-state index contributed by atoms with van der Waals surface area (Å²) in [4.78, 5) is 25.8. The van der Waals surface area contributed by atoms with Gasteiger partial charge in [0.05, 0.1) is 10.6 Å². The molecule has 0 spiro atoms. The fourth-order valence-electron chi connectivity index (χ4n) is 2.54. The monoisotopic (exact) mass is 338 g/mol. The minimum Gasteiger partial charge on any atom is -0.348 e. The minimum absolute atomic E-state index is 0.0720. The van der Waals surface area contributed by atoms with E-state index in [0.717, 1.165) is 19.3 Å². The van der Waals surface area contributed by atoms with Crippen LogP contribution in [0.5, 0.6) is 0 Å². The summed E-state index contributed by atoms with van der Waals surface area (Å²) in [5.41, 5.74) is 6.74. The van der Waals surface area contributed by atoms with Gasteiger partial charge in [-0.1, -0.05) is 31.4 Å². The number of carbonyl (C=O) groups excluding carboxylic acids is 2. The maximum Gasteiger partial charge on any atom is 0.321 e. The number of benzene rings is 1. The number of amides is 3. The molecule has 0 radical (unpaired) electrons. The van der Waals surface area contributed by atoms with Gasteiger partial charge in [-0.3, -0.25) is 9.69 Å². The van der Waals surface area contributed by atoms with Gasteiger partial charge >= 0.3 is 6.03 Å². The highest BCUT2D eigenvalue weighted by atomic mass is 35.5. The number of rotatable bonds is 7. The molecule has 126 valence electrons. The standard InChI is InChI=1S/C16H23ClN4O2/c1-2-3-4-11(10-18)20-15(22)13-9-12(5-6-14(13)17)21-8-7-19-16(21)23/h5-6,9,11H,2-4,7-8,10,18H2,1H3,(H,19,23)(H,20,22). The van der Waals surface area contributed by atoms with Gasteiger partial charge in [0.2, 0.25) is 0 Å². The molecule has 6 nitrogen and oxygen atoms in total. The summed E-state index contributed by atoms with van der Waals surface area (Å²) < 4.78 is 0. The molecule has 0 aromatic heterocycles. The first kappa shape index (κ1) is 17.6. The molecule has 1 fully saturated rings. The molecule has 0 aliphatic carbocycles. The van der Waals surface area contributed by atoms with E-state index in [1.807, 2.05) is 0 Å². The van der Waals surface area contributed by atoms with Gasteiger partial charge in [-0.2, -0.15) is 0 Å². The second-order valence-corrected chi connectivity index (χ2v) is 6.00. The quantitative estimate of drug-likeness (QED) is 0.711. The molecular weight excluding hydrogens is 316 g/mol. The Morgan fingerprint density at radius 2 is 2.30 bits per heavy atom. The van der Waals surface area contributed by atoms with Crippen molar-refractivity contribution in [3.63, 3.8) is 0 Å². The number of halogens is 1. The van der Waals surface area contributed by atoms with Gasteiger partial charge < -0.3 is 16.4 Å². The molecule has 0 saturated carbocycles. The Kier molecular flexibility index (Phi) is 6.24. The van der Waals surface area contributed by atoms with E-state index in [1.54, 1.807) is 23.1 Å². The summed E-state index contributed by atoms with van der Waals surface area (Å²) in [6, 6.07) is 4.79. The van der Waals surface area contributed by atoms with Crippen LogP contribution in [0.2, 0.25) is 5.02 Å². The second kappa shape index (κ2) is 8.17. The highest BCUT2D eigenvalue weighted by Crippen LogP contribution is 2.24. The predicted molar refractivity (Wildman–Crippen MR) is 92.0 cm³/mol. The summed E-state index contributed by atoms with van der Waals surface area (Å²) >= 11 is 6.15. The smallest absolute Gasteiger partial charge is 0.321 e. The van der Waals surface area contributed by atoms with Crippen molar-refractivity contribution in [2.75, 3.05) is 24.5 Å². The summed E-state index contributed by atoms with van der Waals surface area (Å²) in [6.07, 6.45) is 2.89. The lowest BCUT2D eigenvalue weighted by atomic mass is 10.1. The number of nitrogens with one attached hydrogen (secondary N) is 2. The molecule has 2 rings (SSSR count). The van der Waals surface area contributed by atoms with E-state index in [2.05, 4.69) is 17.6 Å². The summed E-state index contributed by atoms with van der Waals surface area (Å²) in [6.45, 7) is 3.65. The van der Waals surface area contributed by atoms with Gasteiger partial charge in [-0.05, 0) is 24.6 Å². The molecule has 7 heteroatoms. The Hall–Kier alpha value is -1.79. The average molecular weight is 339 g/mol. The fraction of sp³-hybridized carbons (Fsp3) is 0.500. The van der Waals surface area contributed by atoms with Crippen molar-refractivity contribution in [3.8, 4) is 0 Å². The van der Waals surface area contributed by atoms with Crippen molar-refractivity contribution >= 4 is 29.2 Å². The SMILES string of the molecule is CCCCC(CN)NC(=O)c1cc(N2CCNC2=O)ccc1Cl. The van der Waals surface area contributed by atoms with Crippen molar-refractivity contribution in [2.45, 2.75) is 32.2 Å². The van der Waals surface area contributed by atoms with Crippen molar-refractivity contribution in [1.29, 1.82) is 0 Å². The molecular formula is C16H23ClN4O2. The second-order valence-electron chi connectivity index (χ2n) is 5.60. The van der Waals surface area contributed by atoms with Crippen LogP contribution in [0.15, 0.2) is 18.2 Å². The molecule has 1 heterocycles. The zero-order valence-electron chi connectivity index (χ0n) is 13.3. The minimum atomic E-state index is -0.261. The van der Waals surface area contributed by atoms with Crippen molar-refractivity contribution in [3.05, 3.63) is 28.8 Å². The molecule has 4 N–H and O–H groups in total. The molecule has 23 heavy (non-hydrogen) atoms. The van der Waals surface area contributed by atoms with Crippen molar-refractivity contribution in [1.82, 2.24) is 10.6 Å². The van der Waals surface area contributed by atoms with Crippen LogP contribution in [-0.4, -0.2) is 37.6 Å². The van der Waals surface area contributed by atoms with Crippen LogP contribution in [-0.2, 0) is 0 Å².